The van der Waals surface area contributed by atoms with Crippen LogP contribution < -0.4 is 10.0 Å². The quantitative estimate of drug-likeness (QED) is 0.719. The van der Waals surface area contributed by atoms with Crippen LogP contribution in [0.2, 0.25) is 5.02 Å². The van der Waals surface area contributed by atoms with Crippen molar-refractivity contribution in [3.8, 4) is 0 Å². The summed E-state index contributed by atoms with van der Waals surface area (Å²) in [6.07, 6.45) is 0. The monoisotopic (exact) mass is 396 g/mol. The minimum Gasteiger partial charge on any atom is -0.478 e. The number of halogens is 1. The number of carboxylic acid groups (broad SMARTS) is 1. The minimum atomic E-state index is -4.17. The fourth-order valence-electron chi connectivity index (χ4n) is 2.38. The van der Waals surface area contributed by atoms with Crippen molar-refractivity contribution in [2.24, 2.45) is 0 Å². The minimum absolute atomic E-state index is 0.0670. The third-order valence-corrected chi connectivity index (χ3v) is 5.81. The van der Waals surface area contributed by atoms with Crippen LogP contribution in [0.5, 0.6) is 0 Å². The lowest BCUT2D eigenvalue weighted by atomic mass is 10.1. The van der Waals surface area contributed by atoms with E-state index in [1.165, 1.54) is 32.2 Å². The summed E-state index contributed by atoms with van der Waals surface area (Å²) in [5.74, 6) is -1.62. The number of nitrogens with one attached hydrogen (secondary N) is 2. The lowest BCUT2D eigenvalue weighted by Crippen LogP contribution is -2.20. The zero-order valence-electron chi connectivity index (χ0n) is 14.3. The molecule has 0 aliphatic carbocycles. The van der Waals surface area contributed by atoms with Gasteiger partial charge in [-0.2, -0.15) is 0 Å². The topological polar surface area (TPSA) is 113 Å². The lowest BCUT2D eigenvalue weighted by Gasteiger charge is -2.15. The van der Waals surface area contributed by atoms with Crippen LogP contribution >= 0.6 is 11.6 Å². The summed E-state index contributed by atoms with van der Waals surface area (Å²) in [6.45, 7) is 3.12. The number of hydrogen-bond acceptors (Lipinski definition) is 4. The summed E-state index contributed by atoms with van der Waals surface area (Å²) in [6, 6.07) is 6.89. The van der Waals surface area contributed by atoms with Crippen molar-refractivity contribution in [1.29, 1.82) is 0 Å². The van der Waals surface area contributed by atoms with Crippen molar-refractivity contribution in [1.82, 2.24) is 5.32 Å². The van der Waals surface area contributed by atoms with Crippen LogP contribution in [-0.4, -0.2) is 32.4 Å². The van der Waals surface area contributed by atoms with Gasteiger partial charge in [0, 0.05) is 12.6 Å². The maximum atomic E-state index is 12.8. The first-order valence-electron chi connectivity index (χ1n) is 7.46. The zero-order valence-corrected chi connectivity index (χ0v) is 15.8. The second-order valence-electron chi connectivity index (χ2n) is 5.57. The Kier molecular flexibility index (Phi) is 5.58. The molecule has 2 aromatic rings. The van der Waals surface area contributed by atoms with E-state index in [0.29, 0.717) is 16.7 Å². The molecule has 9 heteroatoms. The first kappa shape index (κ1) is 19.7. The Morgan fingerprint density at radius 3 is 2.38 bits per heavy atom. The highest BCUT2D eigenvalue weighted by Gasteiger charge is 2.23. The van der Waals surface area contributed by atoms with Gasteiger partial charge in [0.25, 0.3) is 15.9 Å². The number of rotatable bonds is 5. The average molecular weight is 397 g/mol. The number of anilines is 1. The average Bonchev–Trinajstić information content (AvgIpc) is 2.57. The van der Waals surface area contributed by atoms with Crippen molar-refractivity contribution >= 4 is 39.2 Å². The van der Waals surface area contributed by atoms with E-state index in [1.807, 2.05) is 0 Å². The van der Waals surface area contributed by atoms with Gasteiger partial charge in [0.05, 0.1) is 16.3 Å². The van der Waals surface area contributed by atoms with Gasteiger partial charge in [0.15, 0.2) is 0 Å². The molecular formula is C17H17ClN2O5S. The predicted octanol–water partition coefficient (Wildman–Crippen LogP) is 2.82. The van der Waals surface area contributed by atoms with Crippen molar-refractivity contribution < 1.29 is 23.1 Å². The number of sulfonamides is 1. The smallest absolute Gasteiger partial charge is 0.335 e. The molecule has 1 amide bonds. The van der Waals surface area contributed by atoms with Crippen molar-refractivity contribution in [2.45, 2.75) is 18.7 Å². The summed E-state index contributed by atoms with van der Waals surface area (Å²) >= 11 is 6.09. The maximum Gasteiger partial charge on any atom is 0.335 e. The number of amides is 1. The largest absolute Gasteiger partial charge is 0.478 e. The molecule has 0 aromatic heterocycles. The molecule has 2 aromatic carbocycles. The molecule has 0 saturated carbocycles. The molecule has 2 rings (SSSR count). The van der Waals surface area contributed by atoms with Crippen molar-refractivity contribution in [3.63, 3.8) is 0 Å². The van der Waals surface area contributed by atoms with Crippen LogP contribution in [0.25, 0.3) is 0 Å². The molecule has 7 nitrogen and oxygen atoms in total. The Labute approximate surface area is 156 Å². The third kappa shape index (κ3) is 3.81. The predicted molar refractivity (Wildman–Crippen MR) is 98.5 cm³/mol. The molecule has 0 aliphatic heterocycles. The second-order valence-corrected chi connectivity index (χ2v) is 7.60. The first-order chi connectivity index (χ1) is 12.1. The molecule has 0 unspecified atom stereocenters. The summed E-state index contributed by atoms with van der Waals surface area (Å²) in [5, 5.41) is 11.6. The summed E-state index contributed by atoms with van der Waals surface area (Å²) in [7, 11) is -2.70. The van der Waals surface area contributed by atoms with Gasteiger partial charge in [-0.25, -0.2) is 13.2 Å². The molecule has 0 heterocycles. The van der Waals surface area contributed by atoms with Crippen molar-refractivity contribution in [3.05, 3.63) is 57.6 Å². The second kappa shape index (κ2) is 7.35. The molecule has 0 aliphatic rings. The van der Waals surface area contributed by atoms with E-state index in [1.54, 1.807) is 13.0 Å². The number of hydrogen-bond donors (Lipinski definition) is 3. The van der Waals surface area contributed by atoms with Gasteiger partial charge in [-0.15, -0.1) is 0 Å². The fourth-order valence-corrected chi connectivity index (χ4v) is 4.10. The molecular weight excluding hydrogens is 380 g/mol. The van der Waals surface area contributed by atoms with E-state index in [0.717, 1.165) is 6.07 Å². The number of carboxylic acids is 1. The van der Waals surface area contributed by atoms with E-state index >= 15 is 0 Å². The molecule has 0 spiro atoms. The molecule has 26 heavy (non-hydrogen) atoms. The van der Waals surface area contributed by atoms with E-state index in [-0.39, 0.29) is 27.1 Å². The summed E-state index contributed by atoms with van der Waals surface area (Å²) in [4.78, 5) is 22.7. The highest BCUT2D eigenvalue weighted by Crippen LogP contribution is 2.30. The fraction of sp³-hybridized carbons (Fsp3) is 0.176. The Hall–Kier alpha value is -2.58. The van der Waals surface area contributed by atoms with Crippen LogP contribution in [0.3, 0.4) is 0 Å². The SMILES string of the molecule is CNC(=O)c1cccc(NS(=O)(=O)c2cc(C(=O)O)cc(C)c2Cl)c1C. The van der Waals surface area contributed by atoms with E-state index in [4.69, 9.17) is 16.7 Å². The lowest BCUT2D eigenvalue weighted by molar-refractivity contribution is 0.0696. The Morgan fingerprint density at radius 1 is 1.15 bits per heavy atom. The van der Waals surface area contributed by atoms with Gasteiger partial charge in [-0.3, -0.25) is 9.52 Å². The standard InChI is InChI=1S/C17H17ClN2O5S/c1-9-7-11(17(22)23)8-14(15(9)18)26(24,25)20-13-6-4-5-12(10(13)2)16(21)19-3/h4-8,20H,1-3H3,(H,19,21)(H,22,23). The Morgan fingerprint density at radius 2 is 1.81 bits per heavy atom. The normalized spacial score (nSPS) is 11.1. The van der Waals surface area contributed by atoms with Crippen LogP contribution in [0.4, 0.5) is 5.69 Å². The Balaban J connectivity index is 2.54. The van der Waals surface area contributed by atoms with E-state index in [2.05, 4.69) is 10.0 Å². The first-order valence-corrected chi connectivity index (χ1v) is 9.32. The number of aryl methyl sites for hydroxylation is 1. The Bertz CT molecular complexity index is 1000. The molecule has 0 radical (unpaired) electrons. The highest BCUT2D eigenvalue weighted by atomic mass is 35.5. The molecule has 0 fully saturated rings. The van der Waals surface area contributed by atoms with Gasteiger partial charge < -0.3 is 10.4 Å². The molecule has 138 valence electrons. The van der Waals surface area contributed by atoms with Crippen LogP contribution in [0.1, 0.15) is 31.8 Å². The van der Waals surface area contributed by atoms with E-state index < -0.39 is 16.0 Å². The van der Waals surface area contributed by atoms with Crippen molar-refractivity contribution in [2.75, 3.05) is 11.8 Å². The number of carbonyl (C=O) groups excluding carboxylic acids is 1. The molecule has 3 N–H and O–H groups in total. The van der Waals surface area contributed by atoms with Crippen LogP contribution in [0.15, 0.2) is 35.2 Å². The zero-order chi connectivity index (χ0) is 19.6. The number of benzene rings is 2. The van der Waals surface area contributed by atoms with Gasteiger partial charge in [0.1, 0.15) is 4.90 Å². The molecule has 0 saturated heterocycles. The van der Waals surface area contributed by atoms with Gasteiger partial charge >= 0.3 is 5.97 Å². The molecule has 0 bridgehead atoms. The van der Waals surface area contributed by atoms with Crippen LogP contribution in [0, 0.1) is 13.8 Å². The van der Waals surface area contributed by atoms with Gasteiger partial charge in [0.2, 0.25) is 0 Å². The van der Waals surface area contributed by atoms with Gasteiger partial charge in [-0.05, 0) is 49.2 Å². The van der Waals surface area contributed by atoms with Gasteiger partial charge in [-0.1, -0.05) is 17.7 Å². The summed E-state index contributed by atoms with van der Waals surface area (Å²) < 4.78 is 27.9. The highest BCUT2D eigenvalue weighted by molar-refractivity contribution is 7.92. The van der Waals surface area contributed by atoms with E-state index in [9.17, 15) is 18.0 Å². The molecule has 0 atom stereocenters. The number of aromatic carboxylic acids is 1. The van der Waals surface area contributed by atoms with Crippen LogP contribution in [-0.2, 0) is 10.0 Å². The summed E-state index contributed by atoms with van der Waals surface area (Å²) in [5.41, 5.74) is 1.07. The maximum absolute atomic E-state index is 12.8. The number of carbonyl (C=O) groups is 2. The third-order valence-electron chi connectivity index (χ3n) is 3.81.